The van der Waals surface area contributed by atoms with Crippen LogP contribution >= 0.6 is 11.3 Å². The van der Waals surface area contributed by atoms with Gasteiger partial charge in [-0.15, -0.1) is 11.3 Å². The lowest BCUT2D eigenvalue weighted by molar-refractivity contribution is -0.121. The minimum Gasteiger partial charge on any atom is -0.396 e. The molecule has 6 heteroatoms. The van der Waals surface area contributed by atoms with E-state index in [1.165, 1.54) is 11.3 Å². The first kappa shape index (κ1) is 15.7. The second kappa shape index (κ2) is 6.68. The Kier molecular flexibility index (Phi) is 5.50. The molecule has 0 aliphatic heterocycles. The van der Waals surface area contributed by atoms with Crippen molar-refractivity contribution in [2.24, 2.45) is 0 Å². The third kappa shape index (κ3) is 5.40. The van der Waals surface area contributed by atoms with E-state index in [2.05, 4.69) is 10.6 Å². The zero-order chi connectivity index (χ0) is 14.5. The van der Waals surface area contributed by atoms with Crippen LogP contribution in [0.15, 0.2) is 12.1 Å². The Hall–Kier alpha value is -1.40. The molecule has 0 unspecified atom stereocenters. The minimum absolute atomic E-state index is 0.00805. The summed E-state index contributed by atoms with van der Waals surface area (Å²) < 4.78 is 0. The second-order valence-corrected chi connectivity index (χ2v) is 6.29. The number of carbonyl (C=O) groups excluding carboxylic acids is 2. The summed E-state index contributed by atoms with van der Waals surface area (Å²) in [5, 5.41) is 14.2. The molecule has 0 atom stereocenters. The van der Waals surface area contributed by atoms with Crippen molar-refractivity contribution < 1.29 is 14.7 Å². The van der Waals surface area contributed by atoms with Gasteiger partial charge in [-0.05, 0) is 39.3 Å². The van der Waals surface area contributed by atoms with E-state index < -0.39 is 5.54 Å². The van der Waals surface area contributed by atoms with Crippen molar-refractivity contribution in [1.82, 2.24) is 10.6 Å². The molecular weight excluding hydrogens is 264 g/mol. The lowest BCUT2D eigenvalue weighted by atomic mass is 10.0. The Labute approximate surface area is 117 Å². The molecule has 106 valence electrons. The predicted octanol–water partition coefficient (Wildman–Crippen LogP) is 1.06. The third-order valence-corrected chi connectivity index (χ3v) is 3.59. The fourth-order valence-corrected chi connectivity index (χ4v) is 2.35. The molecule has 5 nitrogen and oxygen atoms in total. The van der Waals surface area contributed by atoms with Crippen LogP contribution in [0, 0.1) is 6.92 Å². The molecule has 0 radical (unpaired) electrons. The quantitative estimate of drug-likeness (QED) is 0.731. The van der Waals surface area contributed by atoms with E-state index in [1.54, 1.807) is 6.07 Å². The number of aliphatic hydroxyl groups is 1. The normalized spacial score (nSPS) is 11.2. The molecule has 1 aromatic rings. The Bertz CT molecular complexity index is 454. The SMILES string of the molecule is Cc1ccc(C(=O)NCC(=O)NC(C)(C)CCO)s1. The highest BCUT2D eigenvalue weighted by molar-refractivity contribution is 7.13. The largest absolute Gasteiger partial charge is 0.396 e. The minimum atomic E-state index is -0.476. The molecular formula is C13H20N2O3S. The summed E-state index contributed by atoms with van der Waals surface area (Å²) in [5.41, 5.74) is -0.476. The maximum atomic E-state index is 11.7. The summed E-state index contributed by atoms with van der Waals surface area (Å²) in [7, 11) is 0. The van der Waals surface area contributed by atoms with E-state index in [1.807, 2.05) is 26.8 Å². The van der Waals surface area contributed by atoms with Gasteiger partial charge in [0.15, 0.2) is 0 Å². The monoisotopic (exact) mass is 284 g/mol. The van der Waals surface area contributed by atoms with Crippen LogP contribution in [0.3, 0.4) is 0 Å². The fourth-order valence-electron chi connectivity index (χ4n) is 1.57. The highest BCUT2D eigenvalue weighted by Crippen LogP contribution is 2.14. The molecule has 0 spiro atoms. The highest BCUT2D eigenvalue weighted by atomic mass is 32.1. The van der Waals surface area contributed by atoms with Gasteiger partial charge >= 0.3 is 0 Å². The fraction of sp³-hybridized carbons (Fsp3) is 0.538. The Morgan fingerprint density at radius 1 is 1.37 bits per heavy atom. The zero-order valence-electron chi connectivity index (χ0n) is 11.4. The van der Waals surface area contributed by atoms with Gasteiger partial charge in [-0.3, -0.25) is 9.59 Å². The van der Waals surface area contributed by atoms with Crippen LogP contribution in [0.1, 0.15) is 34.8 Å². The van der Waals surface area contributed by atoms with Crippen molar-refractivity contribution in [2.45, 2.75) is 32.7 Å². The van der Waals surface area contributed by atoms with E-state index in [9.17, 15) is 9.59 Å². The van der Waals surface area contributed by atoms with E-state index in [-0.39, 0.29) is 25.0 Å². The Balaban J connectivity index is 2.40. The summed E-state index contributed by atoms with van der Waals surface area (Å²) in [4.78, 5) is 25.1. The summed E-state index contributed by atoms with van der Waals surface area (Å²) in [6, 6.07) is 3.60. The second-order valence-electron chi connectivity index (χ2n) is 5.00. The van der Waals surface area contributed by atoms with Gasteiger partial charge < -0.3 is 15.7 Å². The smallest absolute Gasteiger partial charge is 0.261 e. The number of aliphatic hydroxyl groups excluding tert-OH is 1. The van der Waals surface area contributed by atoms with Crippen LogP contribution in [-0.2, 0) is 4.79 Å². The van der Waals surface area contributed by atoms with Crippen molar-refractivity contribution in [3.8, 4) is 0 Å². The first-order valence-corrected chi connectivity index (χ1v) is 6.92. The number of thiophene rings is 1. The van der Waals surface area contributed by atoms with E-state index >= 15 is 0 Å². The maximum absolute atomic E-state index is 11.7. The van der Waals surface area contributed by atoms with Crippen LogP contribution in [0.4, 0.5) is 0 Å². The van der Waals surface area contributed by atoms with Gasteiger partial charge in [-0.1, -0.05) is 0 Å². The summed E-state index contributed by atoms with van der Waals surface area (Å²) >= 11 is 1.39. The van der Waals surface area contributed by atoms with Gasteiger partial charge in [0.25, 0.3) is 5.91 Å². The molecule has 0 saturated heterocycles. The molecule has 0 aromatic carbocycles. The van der Waals surface area contributed by atoms with Crippen molar-refractivity contribution >= 4 is 23.2 Å². The number of aryl methyl sites for hydroxylation is 1. The topological polar surface area (TPSA) is 78.4 Å². The summed E-state index contributed by atoms with van der Waals surface area (Å²) in [6.45, 7) is 5.52. The average molecular weight is 284 g/mol. The van der Waals surface area contributed by atoms with Gasteiger partial charge in [-0.25, -0.2) is 0 Å². The number of hydrogen-bond acceptors (Lipinski definition) is 4. The van der Waals surface area contributed by atoms with Crippen LogP contribution < -0.4 is 10.6 Å². The molecule has 1 heterocycles. The summed E-state index contributed by atoms with van der Waals surface area (Å²) in [6.07, 6.45) is 0.469. The van der Waals surface area contributed by atoms with Crippen molar-refractivity contribution in [3.63, 3.8) is 0 Å². The van der Waals surface area contributed by atoms with E-state index in [0.29, 0.717) is 11.3 Å². The molecule has 3 N–H and O–H groups in total. The van der Waals surface area contributed by atoms with Gasteiger partial charge in [0.05, 0.1) is 11.4 Å². The molecule has 0 aliphatic carbocycles. The van der Waals surface area contributed by atoms with Gasteiger partial charge in [-0.2, -0.15) is 0 Å². The molecule has 2 amide bonds. The number of nitrogens with one attached hydrogen (secondary N) is 2. The number of carbonyl (C=O) groups is 2. The molecule has 1 aromatic heterocycles. The predicted molar refractivity (Wildman–Crippen MR) is 75.3 cm³/mol. The van der Waals surface area contributed by atoms with Gasteiger partial charge in [0.1, 0.15) is 0 Å². The third-order valence-electron chi connectivity index (χ3n) is 2.59. The van der Waals surface area contributed by atoms with Gasteiger partial charge in [0, 0.05) is 17.0 Å². The van der Waals surface area contributed by atoms with Crippen molar-refractivity contribution in [1.29, 1.82) is 0 Å². The maximum Gasteiger partial charge on any atom is 0.261 e. The van der Waals surface area contributed by atoms with Crippen LogP contribution in [0.5, 0.6) is 0 Å². The lowest BCUT2D eigenvalue weighted by Gasteiger charge is -2.25. The number of rotatable bonds is 6. The van der Waals surface area contributed by atoms with Crippen LogP contribution in [0.2, 0.25) is 0 Å². The molecule has 0 fully saturated rings. The van der Waals surface area contributed by atoms with Gasteiger partial charge in [0.2, 0.25) is 5.91 Å². The zero-order valence-corrected chi connectivity index (χ0v) is 12.3. The van der Waals surface area contributed by atoms with E-state index in [4.69, 9.17) is 5.11 Å². The van der Waals surface area contributed by atoms with Crippen LogP contribution in [0.25, 0.3) is 0 Å². The van der Waals surface area contributed by atoms with Crippen LogP contribution in [-0.4, -0.2) is 35.6 Å². The molecule has 0 saturated carbocycles. The van der Waals surface area contributed by atoms with Crippen molar-refractivity contribution in [3.05, 3.63) is 21.9 Å². The average Bonchev–Trinajstić information content (AvgIpc) is 2.72. The number of hydrogen-bond donors (Lipinski definition) is 3. The Morgan fingerprint density at radius 3 is 2.58 bits per heavy atom. The molecule has 1 rings (SSSR count). The standard InChI is InChI=1S/C13H20N2O3S/c1-9-4-5-10(19-9)12(18)14-8-11(17)15-13(2,3)6-7-16/h4-5,16H,6-8H2,1-3H3,(H,14,18)(H,15,17). The highest BCUT2D eigenvalue weighted by Gasteiger charge is 2.20. The van der Waals surface area contributed by atoms with Crippen molar-refractivity contribution in [2.75, 3.05) is 13.2 Å². The molecule has 0 bridgehead atoms. The lowest BCUT2D eigenvalue weighted by Crippen LogP contribution is -2.48. The molecule has 19 heavy (non-hydrogen) atoms. The Morgan fingerprint density at radius 2 is 2.05 bits per heavy atom. The first-order chi connectivity index (χ1) is 8.84. The summed E-state index contributed by atoms with van der Waals surface area (Å²) in [5.74, 6) is -0.506. The first-order valence-electron chi connectivity index (χ1n) is 6.10. The number of amides is 2. The molecule has 0 aliphatic rings. The van der Waals surface area contributed by atoms with E-state index in [0.717, 1.165) is 4.88 Å².